The van der Waals surface area contributed by atoms with Crippen molar-refractivity contribution in [1.29, 1.82) is 0 Å². The van der Waals surface area contributed by atoms with Gasteiger partial charge in [-0.05, 0) is 40.9 Å². The van der Waals surface area contributed by atoms with Crippen molar-refractivity contribution in [2.75, 3.05) is 37.6 Å². The minimum atomic E-state index is -0.180. The van der Waals surface area contributed by atoms with Crippen molar-refractivity contribution < 1.29 is 9.59 Å². The van der Waals surface area contributed by atoms with Crippen molar-refractivity contribution in [2.45, 2.75) is 39.2 Å². The number of pyridine rings is 1. The molecule has 6 nitrogen and oxygen atoms in total. The lowest BCUT2D eigenvalue weighted by molar-refractivity contribution is -0.136. The van der Waals surface area contributed by atoms with E-state index in [4.69, 9.17) is 0 Å². The summed E-state index contributed by atoms with van der Waals surface area (Å²) in [4.78, 5) is 35.7. The molecule has 0 spiro atoms. The van der Waals surface area contributed by atoms with Crippen molar-refractivity contribution in [3.63, 3.8) is 0 Å². The summed E-state index contributed by atoms with van der Waals surface area (Å²) in [5, 5.41) is 0. The van der Waals surface area contributed by atoms with Gasteiger partial charge in [-0.25, -0.2) is 4.98 Å². The Labute approximate surface area is 163 Å². The third-order valence-electron chi connectivity index (χ3n) is 5.52. The molecule has 0 bridgehead atoms. The molecule has 0 radical (unpaired) electrons. The Balaban J connectivity index is 1.55. The highest BCUT2D eigenvalue weighted by Crippen LogP contribution is 2.25. The summed E-state index contributed by atoms with van der Waals surface area (Å²) >= 11 is 3.40. The van der Waals surface area contributed by atoms with E-state index in [1.54, 1.807) is 6.20 Å². The molecule has 0 saturated carbocycles. The maximum atomic E-state index is 12.9. The van der Waals surface area contributed by atoms with Crippen molar-refractivity contribution in [1.82, 2.24) is 14.8 Å². The first-order chi connectivity index (χ1) is 12.5. The van der Waals surface area contributed by atoms with E-state index in [1.807, 2.05) is 21.9 Å². The molecule has 1 atom stereocenters. The lowest BCUT2D eigenvalue weighted by Gasteiger charge is -2.36. The second-order valence-corrected chi connectivity index (χ2v) is 7.98. The molecule has 2 aliphatic rings. The third-order valence-corrected chi connectivity index (χ3v) is 5.99. The van der Waals surface area contributed by atoms with E-state index in [9.17, 15) is 9.59 Å². The monoisotopic (exact) mass is 422 g/mol. The van der Waals surface area contributed by atoms with Gasteiger partial charge in [0.1, 0.15) is 5.82 Å². The number of aromatic nitrogens is 1. The Morgan fingerprint density at radius 1 is 1.23 bits per heavy atom. The molecule has 3 heterocycles. The predicted octanol–water partition coefficient (Wildman–Crippen LogP) is 2.53. The van der Waals surface area contributed by atoms with Gasteiger partial charge in [-0.2, -0.15) is 0 Å². The van der Waals surface area contributed by atoms with Crippen LogP contribution in [0.2, 0.25) is 0 Å². The van der Waals surface area contributed by atoms with E-state index in [0.29, 0.717) is 26.1 Å². The minimum Gasteiger partial charge on any atom is -0.353 e. The van der Waals surface area contributed by atoms with Crippen LogP contribution in [0.5, 0.6) is 0 Å². The molecule has 2 aliphatic heterocycles. The van der Waals surface area contributed by atoms with Crippen LogP contribution in [0.3, 0.4) is 0 Å². The highest BCUT2D eigenvalue weighted by molar-refractivity contribution is 9.10. The standard InChI is InChI=1S/C19H27BrN4O2/c1-3-16(4-2)24-13-14(11-18(24)25)19(26)23-9-7-22(8-10-23)17-6-5-15(20)12-21-17/h5-6,12,14,16H,3-4,7-11,13H2,1-2H3. The molecule has 0 N–H and O–H groups in total. The Hall–Kier alpha value is -1.63. The van der Waals surface area contributed by atoms with E-state index < -0.39 is 0 Å². The van der Waals surface area contributed by atoms with E-state index in [0.717, 1.165) is 36.2 Å². The highest BCUT2D eigenvalue weighted by atomic mass is 79.9. The number of carbonyl (C=O) groups is 2. The van der Waals surface area contributed by atoms with Crippen LogP contribution in [0.4, 0.5) is 5.82 Å². The van der Waals surface area contributed by atoms with Crippen LogP contribution in [0, 0.1) is 5.92 Å². The van der Waals surface area contributed by atoms with E-state index in [1.165, 1.54) is 0 Å². The summed E-state index contributed by atoms with van der Waals surface area (Å²) in [6.45, 7) is 7.71. The van der Waals surface area contributed by atoms with Gasteiger partial charge < -0.3 is 14.7 Å². The summed E-state index contributed by atoms with van der Waals surface area (Å²) in [6, 6.07) is 4.24. The molecule has 2 saturated heterocycles. The number of halogens is 1. The van der Waals surface area contributed by atoms with Crippen LogP contribution in [-0.2, 0) is 9.59 Å². The summed E-state index contributed by atoms with van der Waals surface area (Å²) in [7, 11) is 0. The smallest absolute Gasteiger partial charge is 0.228 e. The van der Waals surface area contributed by atoms with Gasteiger partial charge in [0.15, 0.2) is 0 Å². The summed E-state index contributed by atoms with van der Waals surface area (Å²) in [5.41, 5.74) is 0. The number of hydrogen-bond acceptors (Lipinski definition) is 4. The Morgan fingerprint density at radius 3 is 2.50 bits per heavy atom. The van der Waals surface area contributed by atoms with Crippen molar-refractivity contribution in [3.05, 3.63) is 22.8 Å². The first-order valence-electron chi connectivity index (χ1n) is 9.48. The summed E-state index contributed by atoms with van der Waals surface area (Å²) in [6.07, 6.45) is 4.05. The molecule has 1 unspecified atom stereocenters. The average molecular weight is 423 g/mol. The van der Waals surface area contributed by atoms with Gasteiger partial charge in [-0.1, -0.05) is 13.8 Å². The number of rotatable bonds is 5. The van der Waals surface area contributed by atoms with Gasteiger partial charge in [0, 0.05) is 55.9 Å². The molecule has 1 aromatic rings. The van der Waals surface area contributed by atoms with Gasteiger partial charge in [0.2, 0.25) is 11.8 Å². The third kappa shape index (κ3) is 4.03. The fourth-order valence-corrected chi connectivity index (χ4v) is 4.18. The highest BCUT2D eigenvalue weighted by Gasteiger charge is 2.39. The first-order valence-corrected chi connectivity index (χ1v) is 10.3. The molecule has 0 aliphatic carbocycles. The minimum absolute atomic E-state index is 0.134. The number of likely N-dealkylation sites (tertiary alicyclic amines) is 1. The zero-order valence-electron chi connectivity index (χ0n) is 15.5. The zero-order valence-corrected chi connectivity index (χ0v) is 17.1. The van der Waals surface area contributed by atoms with Crippen LogP contribution < -0.4 is 4.90 Å². The molecule has 2 amide bonds. The molecule has 26 heavy (non-hydrogen) atoms. The van der Waals surface area contributed by atoms with E-state index in [2.05, 4.69) is 39.7 Å². The summed E-state index contributed by atoms with van der Waals surface area (Å²) < 4.78 is 0.961. The summed E-state index contributed by atoms with van der Waals surface area (Å²) in [5.74, 6) is 1.03. The topological polar surface area (TPSA) is 56.8 Å². The van der Waals surface area contributed by atoms with Crippen molar-refractivity contribution >= 4 is 33.6 Å². The number of amides is 2. The Kier molecular flexibility index (Phi) is 6.16. The quantitative estimate of drug-likeness (QED) is 0.731. The fraction of sp³-hybridized carbons (Fsp3) is 0.632. The average Bonchev–Trinajstić information content (AvgIpc) is 3.05. The van der Waals surface area contributed by atoms with Gasteiger partial charge in [-0.15, -0.1) is 0 Å². The van der Waals surface area contributed by atoms with Crippen LogP contribution in [-0.4, -0.2) is 65.4 Å². The lowest BCUT2D eigenvalue weighted by Crippen LogP contribution is -2.51. The Morgan fingerprint density at radius 2 is 1.92 bits per heavy atom. The van der Waals surface area contributed by atoms with Crippen LogP contribution in [0.1, 0.15) is 33.1 Å². The molecule has 142 valence electrons. The van der Waals surface area contributed by atoms with Gasteiger partial charge in [0.05, 0.1) is 5.92 Å². The van der Waals surface area contributed by atoms with Crippen LogP contribution >= 0.6 is 15.9 Å². The molecule has 3 rings (SSSR count). The number of hydrogen-bond donors (Lipinski definition) is 0. The second-order valence-electron chi connectivity index (χ2n) is 7.06. The van der Waals surface area contributed by atoms with E-state index >= 15 is 0 Å². The molecule has 2 fully saturated rings. The maximum Gasteiger partial charge on any atom is 0.228 e. The number of nitrogens with zero attached hydrogens (tertiary/aromatic N) is 4. The number of carbonyl (C=O) groups excluding carboxylic acids is 2. The van der Waals surface area contributed by atoms with Gasteiger partial charge in [-0.3, -0.25) is 9.59 Å². The second kappa shape index (κ2) is 8.37. The normalized spacial score (nSPS) is 21.0. The predicted molar refractivity (Wildman–Crippen MR) is 105 cm³/mol. The molecule has 7 heteroatoms. The largest absolute Gasteiger partial charge is 0.353 e. The number of piperazine rings is 1. The Bertz CT molecular complexity index is 639. The van der Waals surface area contributed by atoms with Crippen LogP contribution in [0.25, 0.3) is 0 Å². The molecule has 0 aromatic carbocycles. The molecule has 1 aromatic heterocycles. The molecular weight excluding hydrogens is 396 g/mol. The van der Waals surface area contributed by atoms with Crippen molar-refractivity contribution in [3.8, 4) is 0 Å². The maximum absolute atomic E-state index is 12.9. The fourth-order valence-electron chi connectivity index (χ4n) is 3.95. The number of anilines is 1. The molecular formula is C19H27BrN4O2. The van der Waals surface area contributed by atoms with Gasteiger partial charge >= 0.3 is 0 Å². The van der Waals surface area contributed by atoms with Crippen LogP contribution in [0.15, 0.2) is 22.8 Å². The van der Waals surface area contributed by atoms with Gasteiger partial charge in [0.25, 0.3) is 0 Å². The lowest BCUT2D eigenvalue weighted by atomic mass is 10.1. The van der Waals surface area contributed by atoms with Crippen molar-refractivity contribution in [2.24, 2.45) is 5.92 Å². The van der Waals surface area contributed by atoms with E-state index in [-0.39, 0.29) is 23.8 Å². The SMILES string of the molecule is CCC(CC)N1CC(C(=O)N2CCN(c3ccc(Br)cn3)CC2)CC1=O. The first kappa shape index (κ1) is 19.1. The zero-order chi connectivity index (χ0) is 18.7.